The lowest BCUT2D eigenvalue weighted by Crippen LogP contribution is -2.46. The molecule has 2 N–H and O–H groups in total. The Bertz CT molecular complexity index is 1230. The molecule has 3 aliphatic rings. The van der Waals surface area contributed by atoms with E-state index >= 15 is 0 Å². The summed E-state index contributed by atoms with van der Waals surface area (Å²) in [5, 5.41) is 6.67. The van der Waals surface area contributed by atoms with Crippen LogP contribution in [-0.4, -0.2) is 53.2 Å². The Labute approximate surface area is 206 Å². The van der Waals surface area contributed by atoms with Crippen molar-refractivity contribution in [2.24, 2.45) is 0 Å². The minimum absolute atomic E-state index is 0.227. The second kappa shape index (κ2) is 9.00. The van der Waals surface area contributed by atoms with Crippen molar-refractivity contribution in [2.45, 2.75) is 56.1 Å². The van der Waals surface area contributed by atoms with Crippen LogP contribution >= 0.6 is 0 Å². The van der Waals surface area contributed by atoms with E-state index in [0.29, 0.717) is 29.6 Å². The monoisotopic (exact) mass is 472 g/mol. The normalized spacial score (nSPS) is 24.1. The van der Waals surface area contributed by atoms with Crippen molar-refractivity contribution in [3.63, 3.8) is 0 Å². The third kappa shape index (κ3) is 4.38. The maximum absolute atomic E-state index is 6.17. The van der Waals surface area contributed by atoms with Gasteiger partial charge in [0.1, 0.15) is 11.9 Å². The van der Waals surface area contributed by atoms with E-state index in [4.69, 9.17) is 14.5 Å². The predicted octanol–water partition coefficient (Wildman–Crippen LogP) is 5.20. The molecule has 35 heavy (non-hydrogen) atoms. The number of hydrogen-bond acceptors (Lipinski definition) is 8. The quantitative estimate of drug-likeness (QED) is 0.463. The molecule has 3 aromatic rings. The fraction of sp³-hybridized carbons (Fsp3) is 0.444. The van der Waals surface area contributed by atoms with Crippen LogP contribution in [0.1, 0.15) is 55.2 Å². The topological polar surface area (TPSA) is 84.4 Å². The Hall–Kier alpha value is -3.39. The van der Waals surface area contributed by atoms with Gasteiger partial charge in [-0.1, -0.05) is 0 Å². The van der Waals surface area contributed by atoms with Gasteiger partial charge in [-0.3, -0.25) is 4.98 Å². The highest BCUT2D eigenvalue weighted by atomic mass is 16.5. The van der Waals surface area contributed by atoms with Crippen LogP contribution in [0.3, 0.4) is 0 Å². The molecule has 1 aromatic carbocycles. The maximum atomic E-state index is 6.17. The number of nitrogens with one attached hydrogen (secondary N) is 2. The molecule has 2 aromatic heterocycles. The van der Waals surface area contributed by atoms with E-state index in [2.05, 4.69) is 45.7 Å². The molecule has 0 radical (unpaired) electrons. The van der Waals surface area contributed by atoms with E-state index in [1.807, 2.05) is 30.5 Å². The first-order valence-corrected chi connectivity index (χ1v) is 12.4. The molecular weight excluding hydrogens is 440 g/mol. The number of aromatic nitrogens is 3. The van der Waals surface area contributed by atoms with Crippen LogP contribution < -0.4 is 20.1 Å². The minimum atomic E-state index is 0.227. The molecule has 2 atom stereocenters. The van der Waals surface area contributed by atoms with E-state index < -0.39 is 0 Å². The molecule has 2 fully saturated rings. The SMILES string of the molecule is COc1cc(Nc2nccc(Nc3cnc4c(c3)C3CCC4C3)n2)ccc1OC1CC(N(C)C)C1. The average molecular weight is 473 g/mol. The fourth-order valence-corrected chi connectivity index (χ4v) is 5.58. The first-order chi connectivity index (χ1) is 17.1. The van der Waals surface area contributed by atoms with E-state index in [1.54, 1.807) is 13.3 Å². The van der Waals surface area contributed by atoms with Crippen molar-refractivity contribution in [2.75, 3.05) is 31.8 Å². The zero-order valence-electron chi connectivity index (χ0n) is 20.5. The number of ether oxygens (including phenoxy) is 2. The van der Waals surface area contributed by atoms with Gasteiger partial charge >= 0.3 is 0 Å². The Morgan fingerprint density at radius 2 is 1.77 bits per heavy atom. The Morgan fingerprint density at radius 3 is 2.60 bits per heavy atom. The van der Waals surface area contributed by atoms with E-state index in [-0.39, 0.29) is 6.10 Å². The molecule has 0 aliphatic heterocycles. The lowest BCUT2D eigenvalue weighted by Gasteiger charge is -2.39. The van der Waals surface area contributed by atoms with Gasteiger partial charge in [-0.05, 0) is 81.9 Å². The zero-order chi connectivity index (χ0) is 23.9. The van der Waals surface area contributed by atoms with Crippen molar-refractivity contribution >= 4 is 23.1 Å². The lowest BCUT2D eigenvalue weighted by atomic mass is 9.88. The van der Waals surface area contributed by atoms with Crippen LogP contribution in [0, 0.1) is 0 Å². The van der Waals surface area contributed by atoms with Gasteiger partial charge in [0.05, 0.1) is 19.0 Å². The molecule has 2 bridgehead atoms. The van der Waals surface area contributed by atoms with Gasteiger partial charge in [-0.2, -0.15) is 4.98 Å². The van der Waals surface area contributed by atoms with Crippen molar-refractivity contribution in [3.8, 4) is 11.5 Å². The van der Waals surface area contributed by atoms with Crippen LogP contribution in [0.4, 0.5) is 23.1 Å². The van der Waals surface area contributed by atoms with E-state index in [0.717, 1.165) is 35.8 Å². The summed E-state index contributed by atoms with van der Waals surface area (Å²) in [5.41, 5.74) is 4.51. The van der Waals surface area contributed by atoms with Gasteiger partial charge in [0.2, 0.25) is 5.95 Å². The van der Waals surface area contributed by atoms with Gasteiger partial charge < -0.3 is 25.0 Å². The van der Waals surface area contributed by atoms with E-state index in [1.165, 1.54) is 30.5 Å². The molecular formula is C27H32N6O2. The summed E-state index contributed by atoms with van der Waals surface area (Å²) in [6, 6.07) is 10.5. The number of rotatable bonds is 8. The van der Waals surface area contributed by atoms with Crippen LogP contribution in [0.15, 0.2) is 42.7 Å². The van der Waals surface area contributed by atoms with Crippen LogP contribution in [0.25, 0.3) is 0 Å². The summed E-state index contributed by atoms with van der Waals surface area (Å²) in [6.07, 6.45) is 9.79. The first-order valence-electron chi connectivity index (χ1n) is 12.4. The standard InChI is InChI=1S/C27H32N6O2/c1-33(2)20-13-21(14-20)35-23-7-6-18(12-24(23)34-3)31-27-28-9-8-25(32-27)30-19-11-22-16-4-5-17(10-16)26(22)29-15-19/h6-9,11-12,15-17,20-21H,4-5,10,13-14H2,1-3H3,(H2,28,30,31,32). The van der Waals surface area contributed by atoms with E-state index in [9.17, 15) is 0 Å². The number of benzene rings is 1. The highest BCUT2D eigenvalue weighted by molar-refractivity contribution is 5.62. The van der Waals surface area contributed by atoms with Gasteiger partial charge in [-0.25, -0.2) is 4.98 Å². The van der Waals surface area contributed by atoms with Gasteiger partial charge in [0.15, 0.2) is 11.5 Å². The minimum Gasteiger partial charge on any atom is -0.493 e. The second-order valence-electron chi connectivity index (χ2n) is 10.1. The molecule has 2 unspecified atom stereocenters. The number of hydrogen-bond donors (Lipinski definition) is 2. The second-order valence-corrected chi connectivity index (χ2v) is 10.1. The van der Waals surface area contributed by atoms with Crippen molar-refractivity contribution in [1.82, 2.24) is 19.9 Å². The maximum Gasteiger partial charge on any atom is 0.229 e. The number of fused-ring (bicyclic) bond motifs is 5. The summed E-state index contributed by atoms with van der Waals surface area (Å²) < 4.78 is 11.8. The predicted molar refractivity (Wildman–Crippen MR) is 136 cm³/mol. The van der Waals surface area contributed by atoms with Crippen molar-refractivity contribution < 1.29 is 9.47 Å². The number of methoxy groups -OCH3 is 1. The summed E-state index contributed by atoms with van der Waals surface area (Å²) in [4.78, 5) is 16.0. The number of pyridine rings is 1. The largest absolute Gasteiger partial charge is 0.493 e. The molecule has 8 heteroatoms. The lowest BCUT2D eigenvalue weighted by molar-refractivity contribution is 0.0383. The number of anilines is 4. The third-order valence-electron chi connectivity index (χ3n) is 7.65. The molecule has 8 nitrogen and oxygen atoms in total. The molecule has 3 aliphatic carbocycles. The van der Waals surface area contributed by atoms with Crippen molar-refractivity contribution in [3.05, 3.63) is 54.0 Å². The van der Waals surface area contributed by atoms with Gasteiger partial charge in [-0.15, -0.1) is 0 Å². The first kappa shape index (κ1) is 22.1. The van der Waals surface area contributed by atoms with Crippen LogP contribution in [-0.2, 0) is 0 Å². The summed E-state index contributed by atoms with van der Waals surface area (Å²) >= 11 is 0. The highest BCUT2D eigenvalue weighted by Gasteiger charge is 2.38. The average Bonchev–Trinajstić information content (AvgIpc) is 3.44. The zero-order valence-corrected chi connectivity index (χ0v) is 20.5. The Kier molecular flexibility index (Phi) is 5.68. The summed E-state index contributed by atoms with van der Waals surface area (Å²) in [7, 11) is 5.88. The summed E-state index contributed by atoms with van der Waals surface area (Å²) in [6.45, 7) is 0. The molecule has 6 rings (SSSR count). The highest BCUT2D eigenvalue weighted by Crippen LogP contribution is 2.52. The smallest absolute Gasteiger partial charge is 0.229 e. The van der Waals surface area contributed by atoms with Gasteiger partial charge in [0, 0.05) is 35.6 Å². The van der Waals surface area contributed by atoms with Crippen molar-refractivity contribution in [1.29, 1.82) is 0 Å². The van der Waals surface area contributed by atoms with Crippen LogP contribution in [0.2, 0.25) is 0 Å². The summed E-state index contributed by atoms with van der Waals surface area (Å²) in [5.74, 6) is 4.01. The fourth-order valence-electron chi connectivity index (χ4n) is 5.58. The molecule has 2 heterocycles. The Balaban J connectivity index is 1.12. The molecule has 2 saturated carbocycles. The molecule has 0 spiro atoms. The van der Waals surface area contributed by atoms with Crippen LogP contribution in [0.5, 0.6) is 11.5 Å². The molecule has 0 amide bonds. The third-order valence-corrected chi connectivity index (χ3v) is 7.65. The Morgan fingerprint density at radius 1 is 0.914 bits per heavy atom. The molecule has 0 saturated heterocycles. The number of nitrogens with zero attached hydrogens (tertiary/aromatic N) is 4. The van der Waals surface area contributed by atoms with Gasteiger partial charge in [0.25, 0.3) is 0 Å². The molecule has 182 valence electrons.